The van der Waals surface area contributed by atoms with Crippen LogP contribution in [0, 0.1) is 0 Å². The minimum absolute atomic E-state index is 0.0767. The Bertz CT molecular complexity index is 1220. The van der Waals surface area contributed by atoms with E-state index in [1.165, 1.54) is 5.56 Å². The monoisotopic (exact) mass is 487 g/mol. The van der Waals surface area contributed by atoms with Crippen molar-refractivity contribution in [3.63, 3.8) is 0 Å². The summed E-state index contributed by atoms with van der Waals surface area (Å²) in [5, 5.41) is 7.70. The number of rotatable bonds is 6. The average molecular weight is 488 g/mol. The zero-order valence-corrected chi connectivity index (χ0v) is 20.6. The third kappa shape index (κ3) is 5.41. The number of carbonyl (C=O) groups excluding carboxylic acids is 2. The number of hydrogen-bond acceptors (Lipinski definition) is 6. The van der Waals surface area contributed by atoms with E-state index in [0.29, 0.717) is 5.56 Å². The SMILES string of the molecule is CC(=O)N1CCC(n2cc(-c3cnc(N)c(C(=O)N[C@@H]4CCN(Cc5ccccc5)C4)c3)cn2)CC1. The molecular formula is C27H33N7O2. The first-order chi connectivity index (χ1) is 17.5. The molecule has 2 aliphatic heterocycles. The van der Waals surface area contributed by atoms with E-state index < -0.39 is 0 Å². The summed E-state index contributed by atoms with van der Waals surface area (Å²) in [7, 11) is 0. The first-order valence-electron chi connectivity index (χ1n) is 12.6. The molecule has 2 saturated heterocycles. The van der Waals surface area contributed by atoms with Gasteiger partial charge in [-0.25, -0.2) is 4.98 Å². The second-order valence-electron chi connectivity index (χ2n) is 9.78. The smallest absolute Gasteiger partial charge is 0.255 e. The van der Waals surface area contributed by atoms with Gasteiger partial charge in [-0.1, -0.05) is 30.3 Å². The van der Waals surface area contributed by atoms with Gasteiger partial charge in [-0.3, -0.25) is 19.2 Å². The second-order valence-corrected chi connectivity index (χ2v) is 9.78. The van der Waals surface area contributed by atoms with Crippen LogP contribution in [0.25, 0.3) is 11.1 Å². The lowest BCUT2D eigenvalue weighted by atomic mass is 10.0. The number of nitrogens with one attached hydrogen (secondary N) is 1. The summed E-state index contributed by atoms with van der Waals surface area (Å²) in [6.07, 6.45) is 8.11. The van der Waals surface area contributed by atoms with Crippen LogP contribution in [-0.2, 0) is 11.3 Å². The van der Waals surface area contributed by atoms with Crippen molar-refractivity contribution >= 4 is 17.6 Å². The van der Waals surface area contributed by atoms with Crippen LogP contribution in [0.3, 0.4) is 0 Å². The summed E-state index contributed by atoms with van der Waals surface area (Å²) in [5.74, 6) is 0.145. The van der Waals surface area contributed by atoms with Gasteiger partial charge in [-0.05, 0) is 30.9 Å². The zero-order chi connectivity index (χ0) is 25.1. The Hall–Kier alpha value is -3.72. The van der Waals surface area contributed by atoms with Gasteiger partial charge < -0.3 is 16.0 Å². The summed E-state index contributed by atoms with van der Waals surface area (Å²) in [5.41, 5.74) is 9.45. The maximum Gasteiger partial charge on any atom is 0.255 e. The number of amides is 2. The maximum absolute atomic E-state index is 13.1. The topological polar surface area (TPSA) is 109 Å². The Morgan fingerprint density at radius 3 is 2.58 bits per heavy atom. The van der Waals surface area contributed by atoms with Crippen LogP contribution in [-0.4, -0.2) is 68.6 Å². The van der Waals surface area contributed by atoms with Gasteiger partial charge in [-0.2, -0.15) is 5.10 Å². The van der Waals surface area contributed by atoms with Crippen molar-refractivity contribution in [3.05, 3.63) is 66.1 Å². The molecule has 2 fully saturated rings. The highest BCUT2D eigenvalue weighted by Gasteiger charge is 2.26. The third-order valence-electron chi connectivity index (χ3n) is 7.24. The Labute approximate surface area is 211 Å². The first kappa shape index (κ1) is 24.0. The lowest BCUT2D eigenvalue weighted by Gasteiger charge is -2.31. The molecule has 0 aliphatic carbocycles. The van der Waals surface area contributed by atoms with E-state index in [2.05, 4.69) is 32.4 Å². The predicted octanol–water partition coefficient (Wildman–Crippen LogP) is 2.72. The van der Waals surface area contributed by atoms with Gasteiger partial charge in [0, 0.05) is 69.2 Å². The summed E-state index contributed by atoms with van der Waals surface area (Å²) in [6, 6.07) is 12.5. The zero-order valence-electron chi connectivity index (χ0n) is 20.6. The van der Waals surface area contributed by atoms with Crippen LogP contribution >= 0.6 is 0 Å². The van der Waals surface area contributed by atoms with Gasteiger partial charge in [0.15, 0.2) is 0 Å². The molecule has 0 radical (unpaired) electrons. The summed E-state index contributed by atoms with van der Waals surface area (Å²) < 4.78 is 1.96. The fourth-order valence-electron chi connectivity index (χ4n) is 5.15. The van der Waals surface area contributed by atoms with E-state index in [4.69, 9.17) is 5.73 Å². The molecule has 9 nitrogen and oxygen atoms in total. The molecule has 4 heterocycles. The Morgan fingerprint density at radius 2 is 1.83 bits per heavy atom. The minimum Gasteiger partial charge on any atom is -0.383 e. The normalized spacial score (nSPS) is 18.9. The number of nitrogen functional groups attached to an aromatic ring is 1. The van der Waals surface area contributed by atoms with Crippen molar-refractivity contribution in [2.24, 2.45) is 0 Å². The van der Waals surface area contributed by atoms with E-state index in [1.807, 2.05) is 34.0 Å². The fourth-order valence-corrected chi connectivity index (χ4v) is 5.15. The molecular weight excluding hydrogens is 454 g/mol. The second kappa shape index (κ2) is 10.5. The highest BCUT2D eigenvalue weighted by molar-refractivity contribution is 5.99. The number of pyridine rings is 1. The van der Waals surface area contributed by atoms with Crippen molar-refractivity contribution < 1.29 is 9.59 Å². The molecule has 5 rings (SSSR count). The molecule has 3 N–H and O–H groups in total. The number of hydrogen-bond donors (Lipinski definition) is 2. The van der Waals surface area contributed by atoms with Crippen molar-refractivity contribution in [3.8, 4) is 11.1 Å². The largest absolute Gasteiger partial charge is 0.383 e. The number of anilines is 1. The number of nitrogens with two attached hydrogens (primary N) is 1. The highest BCUT2D eigenvalue weighted by Crippen LogP contribution is 2.27. The number of benzene rings is 1. The third-order valence-corrected chi connectivity index (χ3v) is 7.24. The molecule has 0 spiro atoms. The summed E-state index contributed by atoms with van der Waals surface area (Å²) in [6.45, 7) is 5.73. The van der Waals surface area contributed by atoms with Crippen LogP contribution in [0.1, 0.15) is 48.1 Å². The van der Waals surface area contributed by atoms with Crippen molar-refractivity contribution in [1.82, 2.24) is 29.9 Å². The van der Waals surface area contributed by atoms with Gasteiger partial charge in [0.2, 0.25) is 5.91 Å². The molecule has 1 atom stereocenters. The number of likely N-dealkylation sites (tertiary alicyclic amines) is 2. The Morgan fingerprint density at radius 1 is 1.06 bits per heavy atom. The van der Waals surface area contributed by atoms with Crippen LogP contribution in [0.2, 0.25) is 0 Å². The average Bonchev–Trinajstić information content (AvgIpc) is 3.55. The lowest BCUT2D eigenvalue weighted by Crippen LogP contribution is -2.37. The first-order valence-corrected chi connectivity index (χ1v) is 12.6. The van der Waals surface area contributed by atoms with E-state index in [-0.39, 0.29) is 29.7 Å². The van der Waals surface area contributed by atoms with Crippen molar-refractivity contribution in [1.29, 1.82) is 0 Å². The van der Waals surface area contributed by atoms with Crippen LogP contribution < -0.4 is 11.1 Å². The Balaban J connectivity index is 1.21. The van der Waals surface area contributed by atoms with Crippen LogP contribution in [0.4, 0.5) is 5.82 Å². The summed E-state index contributed by atoms with van der Waals surface area (Å²) >= 11 is 0. The molecule has 0 bridgehead atoms. The number of aromatic nitrogens is 3. The number of carbonyl (C=O) groups is 2. The van der Waals surface area contributed by atoms with Gasteiger partial charge in [0.1, 0.15) is 5.82 Å². The minimum atomic E-state index is -0.197. The van der Waals surface area contributed by atoms with Crippen molar-refractivity contribution in [2.45, 2.75) is 44.8 Å². The standard InChI is InChI=1S/C27H33N7O2/c1-19(35)33-11-8-24(9-12-33)34-17-22(15-30-34)21-13-25(26(28)29-14-21)27(36)31-23-7-10-32(18-23)16-20-5-3-2-4-6-20/h2-6,13-15,17,23-24H,7-12,16,18H2,1H3,(H2,28,29)(H,31,36)/t23-/m1/s1. The Kier molecular flexibility index (Phi) is 6.99. The molecule has 1 aromatic carbocycles. The molecule has 2 aromatic heterocycles. The molecule has 9 heteroatoms. The molecule has 36 heavy (non-hydrogen) atoms. The number of nitrogens with zero attached hydrogens (tertiary/aromatic N) is 5. The van der Waals surface area contributed by atoms with Gasteiger partial charge in [-0.15, -0.1) is 0 Å². The van der Waals surface area contributed by atoms with E-state index in [0.717, 1.165) is 63.1 Å². The summed E-state index contributed by atoms with van der Waals surface area (Å²) in [4.78, 5) is 33.2. The molecule has 2 amide bonds. The van der Waals surface area contributed by atoms with E-state index in [9.17, 15) is 9.59 Å². The highest BCUT2D eigenvalue weighted by atomic mass is 16.2. The quantitative estimate of drug-likeness (QED) is 0.553. The van der Waals surface area contributed by atoms with Crippen molar-refractivity contribution in [2.75, 3.05) is 31.9 Å². The van der Waals surface area contributed by atoms with E-state index in [1.54, 1.807) is 25.4 Å². The van der Waals surface area contributed by atoms with Gasteiger partial charge >= 0.3 is 0 Å². The van der Waals surface area contributed by atoms with Crippen LogP contribution in [0.15, 0.2) is 55.0 Å². The van der Waals surface area contributed by atoms with E-state index >= 15 is 0 Å². The molecule has 3 aromatic rings. The predicted molar refractivity (Wildman–Crippen MR) is 138 cm³/mol. The van der Waals surface area contributed by atoms with Gasteiger partial charge in [0.05, 0.1) is 17.8 Å². The maximum atomic E-state index is 13.1. The fraction of sp³-hybridized carbons (Fsp3) is 0.407. The number of piperidine rings is 1. The lowest BCUT2D eigenvalue weighted by molar-refractivity contribution is -0.130. The molecule has 0 unspecified atom stereocenters. The molecule has 2 aliphatic rings. The molecule has 0 saturated carbocycles. The molecule has 188 valence electrons. The van der Waals surface area contributed by atoms with Crippen LogP contribution in [0.5, 0.6) is 0 Å². The van der Waals surface area contributed by atoms with Gasteiger partial charge in [0.25, 0.3) is 5.91 Å².